The van der Waals surface area contributed by atoms with Crippen molar-refractivity contribution in [3.8, 4) is 5.75 Å². The predicted molar refractivity (Wildman–Crippen MR) is 154 cm³/mol. The average Bonchev–Trinajstić information content (AvgIpc) is 2.97. The monoisotopic (exact) mass is 504 g/mol. The lowest BCUT2D eigenvalue weighted by Gasteiger charge is -2.24. The zero-order chi connectivity index (χ0) is 26.5. The highest BCUT2D eigenvalue weighted by Gasteiger charge is 2.35. The second kappa shape index (κ2) is 11.5. The van der Waals surface area contributed by atoms with Crippen LogP contribution in [0.15, 0.2) is 114 Å². The van der Waals surface area contributed by atoms with Gasteiger partial charge in [0.15, 0.2) is 5.71 Å². The molecule has 0 saturated carbocycles. The maximum absolute atomic E-state index is 13.2. The lowest BCUT2D eigenvalue weighted by molar-refractivity contribution is -0.527. The van der Waals surface area contributed by atoms with E-state index < -0.39 is 0 Å². The topological polar surface area (TPSA) is 49.5 Å². The van der Waals surface area contributed by atoms with Gasteiger partial charge in [-0.15, -0.1) is 0 Å². The lowest BCUT2D eigenvalue weighted by Crippen LogP contribution is -2.25. The average molecular weight is 505 g/mol. The number of nitrogens with zero attached hydrogens (tertiary/aromatic N) is 1. The number of carbonyl (C=O) groups excluding carboxylic acids is 1. The van der Waals surface area contributed by atoms with Gasteiger partial charge in [-0.25, -0.2) is 4.58 Å². The molecule has 0 spiro atoms. The van der Waals surface area contributed by atoms with Crippen molar-refractivity contribution in [1.29, 1.82) is 0 Å². The van der Waals surface area contributed by atoms with Gasteiger partial charge in [0.2, 0.25) is 5.78 Å². The van der Waals surface area contributed by atoms with Crippen LogP contribution in [0, 0.1) is 0 Å². The van der Waals surface area contributed by atoms with E-state index in [1.807, 2.05) is 72.8 Å². The number of allylic oxidation sites excluding steroid dienone is 10. The molecule has 0 aromatic heterocycles. The number of aliphatic hydroxyl groups is 1. The van der Waals surface area contributed by atoms with E-state index in [2.05, 4.69) is 30.6 Å². The third-order valence-electron chi connectivity index (χ3n) is 7.11. The maximum atomic E-state index is 13.2. The van der Waals surface area contributed by atoms with E-state index in [0.717, 1.165) is 72.5 Å². The van der Waals surface area contributed by atoms with Crippen LogP contribution in [0.4, 0.5) is 0 Å². The molecule has 1 heterocycles. The van der Waals surface area contributed by atoms with Gasteiger partial charge in [-0.2, -0.15) is 0 Å². The van der Waals surface area contributed by atoms with E-state index in [-0.39, 0.29) is 11.5 Å². The predicted octanol–water partition coefficient (Wildman–Crippen LogP) is 7.37. The van der Waals surface area contributed by atoms with Gasteiger partial charge < -0.3 is 9.84 Å². The van der Waals surface area contributed by atoms with Crippen LogP contribution in [-0.4, -0.2) is 34.3 Å². The largest absolute Gasteiger partial charge is 0.506 e. The number of benzene rings is 2. The van der Waals surface area contributed by atoms with Gasteiger partial charge in [-0.1, -0.05) is 75.2 Å². The van der Waals surface area contributed by atoms with Crippen molar-refractivity contribution in [1.82, 2.24) is 0 Å². The van der Waals surface area contributed by atoms with Crippen LogP contribution in [0.1, 0.15) is 50.7 Å². The summed E-state index contributed by atoms with van der Waals surface area (Å²) in [4.78, 5) is 13.2. The first-order chi connectivity index (χ1) is 18.6. The Bertz CT molecular complexity index is 1430. The lowest BCUT2D eigenvalue weighted by atomic mass is 9.81. The van der Waals surface area contributed by atoms with Gasteiger partial charge in [-0.3, -0.25) is 4.79 Å². The molecule has 2 aromatic carbocycles. The minimum atomic E-state index is -0.143. The number of fused-ring (bicyclic) bond motifs is 1. The Labute approximate surface area is 225 Å². The van der Waals surface area contributed by atoms with Gasteiger partial charge >= 0.3 is 0 Å². The first-order valence-corrected chi connectivity index (χ1v) is 13.6. The van der Waals surface area contributed by atoms with Crippen molar-refractivity contribution in [2.75, 3.05) is 13.1 Å². The smallest absolute Gasteiger partial charge is 0.201 e. The van der Waals surface area contributed by atoms with Crippen molar-refractivity contribution < 1.29 is 19.2 Å². The number of aliphatic hydroxyl groups excluding tert-OH is 1. The number of Topliss-reactive ketones (excluding diaryl/α,β-unsaturated/α-hetero) is 1. The first kappa shape index (κ1) is 25.5. The van der Waals surface area contributed by atoms with Gasteiger partial charge in [0, 0.05) is 36.1 Å². The minimum absolute atomic E-state index is 0.0442. The maximum Gasteiger partial charge on any atom is 0.201 e. The van der Waals surface area contributed by atoms with Crippen molar-refractivity contribution in [2.24, 2.45) is 0 Å². The van der Waals surface area contributed by atoms with Crippen molar-refractivity contribution in [3.05, 3.63) is 125 Å². The SMILES string of the molecule is CCCC[N+](CCCC)=C1C=CC(=C2C(=O)C(/C=C3\C=C(c4ccccc4)Oc4ccccc43)=C2O)C=C1. The Morgan fingerprint density at radius 1 is 0.868 bits per heavy atom. The van der Waals surface area contributed by atoms with E-state index in [9.17, 15) is 9.90 Å². The van der Waals surface area contributed by atoms with Crippen LogP contribution in [0.2, 0.25) is 0 Å². The number of ketones is 1. The highest BCUT2D eigenvalue weighted by molar-refractivity contribution is 6.23. The summed E-state index contributed by atoms with van der Waals surface area (Å²) in [5.74, 6) is 1.33. The fraction of sp³-hybridized carbons (Fsp3) is 0.235. The first-order valence-electron chi connectivity index (χ1n) is 13.6. The molecular weight excluding hydrogens is 470 g/mol. The number of ether oxygens (including phenoxy) is 1. The fourth-order valence-electron chi connectivity index (χ4n) is 4.91. The Hall–Kier alpha value is -4.18. The highest BCUT2D eigenvalue weighted by atomic mass is 16.5. The molecule has 4 heteroatoms. The van der Waals surface area contributed by atoms with E-state index in [1.54, 1.807) is 6.08 Å². The van der Waals surface area contributed by atoms with Crippen molar-refractivity contribution in [3.63, 3.8) is 0 Å². The second-order valence-corrected chi connectivity index (χ2v) is 9.78. The fourth-order valence-corrected chi connectivity index (χ4v) is 4.91. The zero-order valence-corrected chi connectivity index (χ0v) is 22.1. The Morgan fingerprint density at radius 3 is 2.18 bits per heavy atom. The second-order valence-electron chi connectivity index (χ2n) is 9.78. The summed E-state index contributed by atoms with van der Waals surface area (Å²) >= 11 is 0. The molecule has 0 unspecified atom stereocenters. The van der Waals surface area contributed by atoms with Crippen molar-refractivity contribution >= 4 is 22.8 Å². The van der Waals surface area contributed by atoms with Crippen LogP contribution < -0.4 is 4.74 Å². The summed E-state index contributed by atoms with van der Waals surface area (Å²) in [5.41, 5.74) is 5.28. The number of para-hydroxylation sites is 1. The van der Waals surface area contributed by atoms with Gasteiger partial charge in [-0.05, 0) is 41.5 Å². The number of hydrogen-bond acceptors (Lipinski definition) is 3. The molecule has 1 N–H and O–H groups in total. The Morgan fingerprint density at radius 2 is 1.53 bits per heavy atom. The van der Waals surface area contributed by atoms with Gasteiger partial charge in [0.05, 0.1) is 11.1 Å². The molecule has 192 valence electrons. The number of carbonyl (C=O) groups is 1. The summed E-state index contributed by atoms with van der Waals surface area (Å²) < 4.78 is 8.56. The highest BCUT2D eigenvalue weighted by Crippen LogP contribution is 2.40. The molecule has 1 aliphatic heterocycles. The molecule has 38 heavy (non-hydrogen) atoms. The molecular formula is C34H34NO3+. The molecule has 0 atom stereocenters. The molecule has 0 bridgehead atoms. The van der Waals surface area contributed by atoms with E-state index in [0.29, 0.717) is 16.9 Å². The van der Waals surface area contributed by atoms with E-state index in [4.69, 9.17) is 4.74 Å². The zero-order valence-electron chi connectivity index (χ0n) is 22.1. The Balaban J connectivity index is 1.47. The van der Waals surface area contributed by atoms with Crippen molar-refractivity contribution in [2.45, 2.75) is 39.5 Å². The van der Waals surface area contributed by atoms with Crippen LogP contribution >= 0.6 is 0 Å². The van der Waals surface area contributed by atoms with Crippen LogP contribution in [-0.2, 0) is 4.79 Å². The van der Waals surface area contributed by atoms with E-state index in [1.165, 1.54) is 0 Å². The quantitative estimate of drug-likeness (QED) is 0.301. The molecule has 3 aliphatic rings. The van der Waals surface area contributed by atoms with Gasteiger partial charge in [0.1, 0.15) is 30.4 Å². The molecule has 4 nitrogen and oxygen atoms in total. The van der Waals surface area contributed by atoms with Crippen LogP contribution in [0.25, 0.3) is 11.3 Å². The summed E-state index contributed by atoms with van der Waals surface area (Å²) in [6.45, 7) is 6.47. The molecule has 0 saturated heterocycles. The number of rotatable bonds is 8. The summed E-state index contributed by atoms with van der Waals surface area (Å²) in [5, 5.41) is 11.0. The van der Waals surface area contributed by atoms with Crippen LogP contribution in [0.3, 0.4) is 0 Å². The molecule has 0 radical (unpaired) electrons. The summed E-state index contributed by atoms with van der Waals surface area (Å²) in [6, 6.07) is 17.6. The summed E-state index contributed by atoms with van der Waals surface area (Å²) in [6.07, 6.45) is 16.3. The third kappa shape index (κ3) is 5.12. The Kier molecular flexibility index (Phi) is 7.69. The molecule has 5 rings (SSSR count). The third-order valence-corrected chi connectivity index (χ3v) is 7.11. The van der Waals surface area contributed by atoms with Crippen LogP contribution in [0.5, 0.6) is 5.75 Å². The normalized spacial score (nSPS) is 17.4. The minimum Gasteiger partial charge on any atom is -0.506 e. The molecule has 0 amide bonds. The molecule has 2 aliphatic carbocycles. The molecule has 2 aromatic rings. The standard InChI is InChI=1S/C34H33NO3/c1-3-5-20-35(21-6-4-2)27-18-16-25(17-19-27)32-33(36)29(34(32)37)22-26-23-31(24-12-8-7-9-13-24)38-30-15-11-10-14-28(26)30/h7-19,22-23H,3-6,20-21H2,1-2H3/p+1/b26-22+. The molecule has 0 fully saturated rings. The number of hydrogen-bond donors (Lipinski definition) is 1. The number of unbranched alkanes of at least 4 members (excludes halogenated alkanes) is 2. The van der Waals surface area contributed by atoms with Gasteiger partial charge in [0.25, 0.3) is 0 Å². The van der Waals surface area contributed by atoms with E-state index >= 15 is 0 Å². The summed E-state index contributed by atoms with van der Waals surface area (Å²) in [7, 11) is 0.